The zero-order valence-electron chi connectivity index (χ0n) is 17.8. The number of aliphatic carboxylic acids is 1. The minimum atomic E-state index is -4.58. The smallest absolute Gasteiger partial charge is 0.418 e. The van der Waals surface area contributed by atoms with E-state index < -0.39 is 29.5 Å². The third-order valence-electron chi connectivity index (χ3n) is 5.81. The lowest BCUT2D eigenvalue weighted by molar-refractivity contribution is -0.143. The molecule has 3 aromatic rings. The Labute approximate surface area is 192 Å². The quantitative estimate of drug-likeness (QED) is 0.435. The lowest BCUT2D eigenvalue weighted by Crippen LogP contribution is -2.20. The van der Waals surface area contributed by atoms with E-state index >= 15 is 0 Å². The number of amides is 1. The van der Waals surface area contributed by atoms with Gasteiger partial charge in [-0.1, -0.05) is 29.4 Å². The van der Waals surface area contributed by atoms with Crippen LogP contribution in [0.4, 0.5) is 30.6 Å². The summed E-state index contributed by atoms with van der Waals surface area (Å²) in [5, 5.41) is 21.3. The van der Waals surface area contributed by atoms with Crippen LogP contribution in [0.25, 0.3) is 0 Å². The number of carbonyl (C=O) groups is 2. The topological polar surface area (TPSA) is 117 Å². The molecule has 1 aromatic heterocycles. The molecule has 0 unspecified atom stereocenters. The largest absolute Gasteiger partial charge is 0.481 e. The molecule has 8 nitrogen and oxygen atoms in total. The molecule has 178 valence electrons. The molecule has 4 rings (SSSR count). The first kappa shape index (κ1) is 23.3. The Morgan fingerprint density at radius 2 is 1.65 bits per heavy atom. The van der Waals surface area contributed by atoms with Crippen molar-refractivity contribution < 1.29 is 32.3 Å². The van der Waals surface area contributed by atoms with Crippen molar-refractivity contribution in [3.05, 3.63) is 65.5 Å². The number of rotatable bonds is 6. The van der Waals surface area contributed by atoms with Crippen LogP contribution in [-0.4, -0.2) is 27.2 Å². The highest BCUT2D eigenvalue weighted by Gasteiger charge is 2.33. The molecule has 0 saturated heterocycles. The van der Waals surface area contributed by atoms with Gasteiger partial charge in [-0.2, -0.15) is 13.2 Å². The third-order valence-corrected chi connectivity index (χ3v) is 5.81. The number of carbonyl (C=O) groups excluding carboxylic acids is 1. The molecule has 1 fully saturated rings. The summed E-state index contributed by atoms with van der Waals surface area (Å²) < 4.78 is 44.6. The Bertz CT molecular complexity index is 1170. The van der Waals surface area contributed by atoms with Crippen molar-refractivity contribution in [3.63, 3.8) is 0 Å². The highest BCUT2D eigenvalue weighted by Crippen LogP contribution is 2.37. The summed E-state index contributed by atoms with van der Waals surface area (Å²) in [5.74, 6) is -1.89. The minimum Gasteiger partial charge on any atom is -0.481 e. The number of halogens is 3. The van der Waals surface area contributed by atoms with Gasteiger partial charge in [0.2, 0.25) is 0 Å². The van der Waals surface area contributed by atoms with Crippen LogP contribution in [0.5, 0.6) is 0 Å². The third kappa shape index (κ3) is 5.36. The number of para-hydroxylation sites is 1. The summed E-state index contributed by atoms with van der Waals surface area (Å²) in [7, 11) is 0. The number of carboxylic acids is 1. The van der Waals surface area contributed by atoms with Gasteiger partial charge < -0.3 is 20.2 Å². The summed E-state index contributed by atoms with van der Waals surface area (Å²) in [6.45, 7) is 0. The number of benzene rings is 2. The Balaban J connectivity index is 1.37. The highest BCUT2D eigenvalue weighted by molar-refractivity contribution is 6.00. The fourth-order valence-electron chi connectivity index (χ4n) is 4.02. The number of alkyl halides is 3. The van der Waals surface area contributed by atoms with Crippen molar-refractivity contribution in [1.29, 1.82) is 0 Å². The van der Waals surface area contributed by atoms with Crippen LogP contribution in [0, 0.1) is 5.92 Å². The molecule has 1 heterocycles. The van der Waals surface area contributed by atoms with Gasteiger partial charge in [-0.05, 0) is 61.4 Å². The van der Waals surface area contributed by atoms with Crippen LogP contribution in [0.2, 0.25) is 0 Å². The summed E-state index contributed by atoms with van der Waals surface area (Å²) >= 11 is 0. The molecule has 11 heteroatoms. The number of hydrogen-bond donors (Lipinski definition) is 3. The van der Waals surface area contributed by atoms with Gasteiger partial charge in [-0.15, -0.1) is 5.10 Å². The Kier molecular flexibility index (Phi) is 6.53. The number of carboxylic acid groups (broad SMARTS) is 1. The molecule has 0 aliphatic heterocycles. The molecule has 1 saturated carbocycles. The minimum absolute atomic E-state index is 0.268. The first-order valence-electron chi connectivity index (χ1n) is 10.6. The second-order valence-corrected chi connectivity index (χ2v) is 8.04. The fourth-order valence-corrected chi connectivity index (χ4v) is 4.02. The summed E-state index contributed by atoms with van der Waals surface area (Å²) in [6, 6.07) is 11.6. The maximum Gasteiger partial charge on any atom is 0.418 e. The summed E-state index contributed by atoms with van der Waals surface area (Å²) in [5.41, 5.74) is 0.354. The van der Waals surface area contributed by atoms with Gasteiger partial charge in [-0.3, -0.25) is 9.59 Å². The predicted molar refractivity (Wildman–Crippen MR) is 116 cm³/mol. The van der Waals surface area contributed by atoms with Gasteiger partial charge in [0.15, 0.2) is 0 Å². The Morgan fingerprint density at radius 1 is 0.971 bits per heavy atom. The van der Waals surface area contributed by atoms with Crippen LogP contribution in [-0.2, 0) is 11.0 Å². The standard InChI is InChI=1S/C23H21F3N4O4/c24-23(25,26)17-3-1-2-4-18(17)28-22-30-29-20(34-22)19(31)27-16-11-9-14(10-12-16)13-5-7-15(8-6-13)21(32)33/h1-4,9-13,15H,5-8H2,(H,27,31)(H,28,30)(H,32,33). The molecule has 2 aromatic carbocycles. The summed E-state index contributed by atoms with van der Waals surface area (Å²) in [4.78, 5) is 23.5. The molecular formula is C23H21F3N4O4. The second kappa shape index (κ2) is 9.54. The molecule has 1 aliphatic rings. The van der Waals surface area contributed by atoms with Crippen molar-refractivity contribution >= 4 is 29.3 Å². The van der Waals surface area contributed by atoms with Crippen molar-refractivity contribution in [2.75, 3.05) is 10.6 Å². The number of hydrogen-bond acceptors (Lipinski definition) is 6. The van der Waals surface area contributed by atoms with E-state index in [1.165, 1.54) is 18.2 Å². The molecular weight excluding hydrogens is 453 g/mol. The van der Waals surface area contributed by atoms with E-state index in [-0.39, 0.29) is 23.5 Å². The van der Waals surface area contributed by atoms with Crippen LogP contribution in [0.1, 0.15) is 53.4 Å². The first-order chi connectivity index (χ1) is 16.2. The van der Waals surface area contributed by atoms with E-state index in [4.69, 9.17) is 9.52 Å². The molecule has 34 heavy (non-hydrogen) atoms. The van der Waals surface area contributed by atoms with Gasteiger partial charge in [0.25, 0.3) is 0 Å². The zero-order chi connectivity index (χ0) is 24.3. The van der Waals surface area contributed by atoms with E-state index in [0.29, 0.717) is 18.5 Å². The molecule has 3 N–H and O–H groups in total. The highest BCUT2D eigenvalue weighted by atomic mass is 19.4. The average molecular weight is 474 g/mol. The van der Waals surface area contributed by atoms with Gasteiger partial charge in [0.05, 0.1) is 17.2 Å². The van der Waals surface area contributed by atoms with Crippen LogP contribution in [0.15, 0.2) is 52.9 Å². The van der Waals surface area contributed by atoms with Crippen LogP contribution < -0.4 is 10.6 Å². The normalized spacial score (nSPS) is 18.3. The van der Waals surface area contributed by atoms with Crippen molar-refractivity contribution in [2.45, 2.75) is 37.8 Å². The monoisotopic (exact) mass is 474 g/mol. The van der Waals surface area contributed by atoms with Crippen LogP contribution in [0.3, 0.4) is 0 Å². The van der Waals surface area contributed by atoms with Gasteiger partial charge in [-0.25, -0.2) is 0 Å². The molecule has 0 bridgehead atoms. The van der Waals surface area contributed by atoms with E-state index in [1.807, 2.05) is 12.1 Å². The number of nitrogens with zero attached hydrogens (tertiary/aromatic N) is 2. The van der Waals surface area contributed by atoms with Crippen LogP contribution >= 0.6 is 0 Å². The molecule has 0 atom stereocenters. The van der Waals surface area contributed by atoms with E-state index in [9.17, 15) is 22.8 Å². The lowest BCUT2D eigenvalue weighted by Gasteiger charge is -2.26. The molecule has 1 amide bonds. The predicted octanol–water partition coefficient (Wildman–Crippen LogP) is 5.44. The zero-order valence-corrected chi connectivity index (χ0v) is 17.8. The molecule has 0 radical (unpaired) electrons. The first-order valence-corrected chi connectivity index (χ1v) is 10.6. The van der Waals surface area contributed by atoms with E-state index in [0.717, 1.165) is 24.5 Å². The second-order valence-electron chi connectivity index (χ2n) is 8.04. The van der Waals surface area contributed by atoms with Crippen molar-refractivity contribution in [1.82, 2.24) is 10.2 Å². The Morgan fingerprint density at radius 3 is 2.29 bits per heavy atom. The summed E-state index contributed by atoms with van der Waals surface area (Å²) in [6.07, 6.45) is -1.72. The van der Waals surface area contributed by atoms with E-state index in [1.54, 1.807) is 12.1 Å². The molecule has 1 aliphatic carbocycles. The van der Waals surface area contributed by atoms with Gasteiger partial charge in [0.1, 0.15) is 0 Å². The van der Waals surface area contributed by atoms with Gasteiger partial charge in [0, 0.05) is 5.69 Å². The van der Waals surface area contributed by atoms with Crippen molar-refractivity contribution in [3.8, 4) is 0 Å². The molecule has 0 spiro atoms. The van der Waals surface area contributed by atoms with E-state index in [2.05, 4.69) is 20.8 Å². The maximum atomic E-state index is 13.1. The van der Waals surface area contributed by atoms with Crippen molar-refractivity contribution in [2.24, 2.45) is 5.92 Å². The number of aromatic nitrogens is 2. The fraction of sp³-hybridized carbons (Fsp3) is 0.304. The average Bonchev–Trinajstić information content (AvgIpc) is 3.28. The maximum absolute atomic E-state index is 13.1. The number of anilines is 3. The van der Waals surface area contributed by atoms with Gasteiger partial charge >= 0.3 is 30.0 Å². The number of nitrogens with one attached hydrogen (secondary N) is 2. The Hall–Kier alpha value is -3.89. The lowest BCUT2D eigenvalue weighted by atomic mass is 9.79. The SMILES string of the molecule is O=C(Nc1ccc(C2CCC(C(=O)O)CC2)cc1)c1nnc(Nc2ccccc2C(F)(F)F)o1.